The van der Waals surface area contributed by atoms with Crippen LogP contribution in [0.3, 0.4) is 0 Å². The number of aromatic amines is 1. The summed E-state index contributed by atoms with van der Waals surface area (Å²) in [5.41, 5.74) is 2.46. The minimum absolute atomic E-state index is 0.128. The monoisotopic (exact) mass is 475 g/mol. The van der Waals surface area contributed by atoms with Crippen LogP contribution in [0.4, 0.5) is 10.5 Å². The van der Waals surface area contributed by atoms with E-state index in [9.17, 15) is 9.59 Å². The van der Waals surface area contributed by atoms with Gasteiger partial charge in [-0.2, -0.15) is 0 Å². The third-order valence-corrected chi connectivity index (χ3v) is 6.02. The van der Waals surface area contributed by atoms with Crippen LogP contribution in [0.25, 0.3) is 10.9 Å². The molecule has 2 amide bonds. The number of para-hydroxylation sites is 1. The number of fused-ring (bicyclic) bond motifs is 2. The van der Waals surface area contributed by atoms with Crippen molar-refractivity contribution in [3.63, 3.8) is 0 Å². The van der Waals surface area contributed by atoms with Gasteiger partial charge in [-0.1, -0.05) is 54.1 Å². The van der Waals surface area contributed by atoms with Gasteiger partial charge in [-0.05, 0) is 36.2 Å². The molecule has 2 heterocycles. The van der Waals surface area contributed by atoms with E-state index in [0.717, 1.165) is 10.9 Å². The zero-order valence-corrected chi connectivity index (χ0v) is 19.0. The van der Waals surface area contributed by atoms with Crippen molar-refractivity contribution in [2.75, 3.05) is 18.7 Å². The highest BCUT2D eigenvalue weighted by Gasteiger charge is 2.19. The SMILES string of the molecule is O=C(Nc1ccccc1Cl)N(CCc1ccccc1)Cc1cc2cc3c(cc2[nH]c1=O)OCO3. The highest BCUT2D eigenvalue weighted by molar-refractivity contribution is 6.33. The van der Waals surface area contributed by atoms with E-state index >= 15 is 0 Å². The molecule has 0 fully saturated rings. The molecule has 1 aliphatic rings. The number of amides is 2. The molecule has 34 heavy (non-hydrogen) atoms. The first-order chi connectivity index (χ1) is 16.6. The fraction of sp³-hybridized carbons (Fsp3) is 0.154. The summed E-state index contributed by atoms with van der Waals surface area (Å²) in [5, 5.41) is 4.11. The maximum absolute atomic E-state index is 13.2. The number of nitrogens with zero attached hydrogens (tertiary/aromatic N) is 1. The molecule has 0 bridgehead atoms. The lowest BCUT2D eigenvalue weighted by Crippen LogP contribution is -2.37. The van der Waals surface area contributed by atoms with Crippen LogP contribution in [-0.4, -0.2) is 29.3 Å². The van der Waals surface area contributed by atoms with Gasteiger partial charge in [0.2, 0.25) is 6.79 Å². The van der Waals surface area contributed by atoms with Crippen LogP contribution in [0.15, 0.2) is 77.6 Å². The van der Waals surface area contributed by atoms with Crippen molar-refractivity contribution in [1.82, 2.24) is 9.88 Å². The van der Waals surface area contributed by atoms with E-state index in [1.807, 2.05) is 36.4 Å². The number of halogens is 1. The third-order valence-electron chi connectivity index (χ3n) is 5.69. The standard InChI is InChI=1S/C26H22ClN3O4/c27-20-8-4-5-9-21(20)29-26(32)30(11-10-17-6-2-1-3-7-17)15-19-12-18-13-23-24(34-16-33-23)14-22(18)28-25(19)31/h1-9,12-14H,10-11,15-16H2,(H,28,31)(H,29,32). The van der Waals surface area contributed by atoms with Gasteiger partial charge in [-0.3, -0.25) is 4.79 Å². The molecule has 2 N–H and O–H groups in total. The van der Waals surface area contributed by atoms with Gasteiger partial charge < -0.3 is 24.7 Å². The molecule has 5 rings (SSSR count). The second kappa shape index (κ2) is 9.49. The lowest BCUT2D eigenvalue weighted by Gasteiger charge is -2.23. The van der Waals surface area contributed by atoms with E-state index in [1.54, 1.807) is 41.3 Å². The van der Waals surface area contributed by atoms with Gasteiger partial charge in [-0.15, -0.1) is 0 Å². The fourth-order valence-corrected chi connectivity index (χ4v) is 4.07. The number of pyridine rings is 1. The molecule has 172 valence electrons. The molecular weight excluding hydrogens is 454 g/mol. The predicted octanol–water partition coefficient (Wildman–Crippen LogP) is 5.19. The quantitative estimate of drug-likeness (QED) is 0.402. The summed E-state index contributed by atoms with van der Waals surface area (Å²) in [5.74, 6) is 1.22. The highest BCUT2D eigenvalue weighted by atomic mass is 35.5. The van der Waals surface area contributed by atoms with Crippen molar-refractivity contribution < 1.29 is 14.3 Å². The number of carbonyl (C=O) groups excluding carboxylic acids is 1. The molecule has 0 saturated heterocycles. The Hall–Kier alpha value is -3.97. The molecular formula is C26H22ClN3O4. The fourth-order valence-electron chi connectivity index (χ4n) is 3.88. The molecule has 8 heteroatoms. The first kappa shape index (κ1) is 21.9. The smallest absolute Gasteiger partial charge is 0.322 e. The average molecular weight is 476 g/mol. The largest absolute Gasteiger partial charge is 0.454 e. The van der Waals surface area contributed by atoms with Crippen LogP contribution >= 0.6 is 11.6 Å². The third kappa shape index (κ3) is 4.70. The lowest BCUT2D eigenvalue weighted by atomic mass is 10.1. The minimum Gasteiger partial charge on any atom is -0.454 e. The van der Waals surface area contributed by atoms with Crippen LogP contribution in [0.2, 0.25) is 5.02 Å². The molecule has 1 aromatic heterocycles. The van der Waals surface area contributed by atoms with Crippen molar-refractivity contribution >= 4 is 34.2 Å². The normalized spacial score (nSPS) is 12.0. The number of nitrogens with one attached hydrogen (secondary N) is 2. The van der Waals surface area contributed by atoms with E-state index in [0.29, 0.717) is 46.3 Å². The van der Waals surface area contributed by atoms with Crippen molar-refractivity contribution in [3.05, 3.63) is 99.3 Å². The first-order valence-corrected chi connectivity index (χ1v) is 11.2. The van der Waals surface area contributed by atoms with Crippen molar-refractivity contribution in [3.8, 4) is 11.5 Å². The first-order valence-electron chi connectivity index (χ1n) is 10.9. The van der Waals surface area contributed by atoms with E-state index < -0.39 is 0 Å². The molecule has 0 radical (unpaired) electrons. The van der Waals surface area contributed by atoms with Gasteiger partial charge in [0.15, 0.2) is 11.5 Å². The molecule has 7 nitrogen and oxygen atoms in total. The van der Waals surface area contributed by atoms with Crippen LogP contribution < -0.4 is 20.3 Å². The predicted molar refractivity (Wildman–Crippen MR) is 132 cm³/mol. The van der Waals surface area contributed by atoms with Crippen molar-refractivity contribution in [1.29, 1.82) is 0 Å². The summed E-state index contributed by atoms with van der Waals surface area (Å²) in [6.07, 6.45) is 0.640. The highest BCUT2D eigenvalue weighted by Crippen LogP contribution is 2.35. The Kier molecular flexibility index (Phi) is 6.10. The molecule has 0 aliphatic carbocycles. The number of anilines is 1. The van der Waals surface area contributed by atoms with Gasteiger partial charge in [0.05, 0.1) is 22.8 Å². The van der Waals surface area contributed by atoms with Gasteiger partial charge in [0.1, 0.15) is 0 Å². The van der Waals surface area contributed by atoms with E-state index in [4.69, 9.17) is 21.1 Å². The molecule has 0 unspecified atom stereocenters. The van der Waals surface area contributed by atoms with Crippen molar-refractivity contribution in [2.24, 2.45) is 0 Å². The van der Waals surface area contributed by atoms with Gasteiger partial charge in [-0.25, -0.2) is 4.79 Å². The Morgan fingerprint density at radius 2 is 1.74 bits per heavy atom. The van der Waals surface area contributed by atoms with Gasteiger partial charge >= 0.3 is 6.03 Å². The van der Waals surface area contributed by atoms with Gasteiger partial charge in [0, 0.05) is 23.6 Å². The number of urea groups is 1. The second-order valence-electron chi connectivity index (χ2n) is 7.98. The Morgan fingerprint density at radius 1 is 1.00 bits per heavy atom. The summed E-state index contributed by atoms with van der Waals surface area (Å²) in [6, 6.07) is 22.0. The average Bonchev–Trinajstić information content (AvgIpc) is 3.30. The number of ether oxygens (including phenoxy) is 2. The number of aromatic nitrogens is 1. The Balaban J connectivity index is 1.43. The maximum Gasteiger partial charge on any atom is 0.322 e. The molecule has 0 saturated carbocycles. The van der Waals surface area contributed by atoms with E-state index in [2.05, 4.69) is 10.3 Å². The maximum atomic E-state index is 13.2. The second-order valence-corrected chi connectivity index (χ2v) is 8.39. The Bertz CT molecular complexity index is 1400. The van der Waals surface area contributed by atoms with Crippen LogP contribution in [0.5, 0.6) is 11.5 Å². The van der Waals surface area contributed by atoms with Crippen molar-refractivity contribution in [2.45, 2.75) is 13.0 Å². The Morgan fingerprint density at radius 3 is 2.53 bits per heavy atom. The topological polar surface area (TPSA) is 83.7 Å². The molecule has 0 atom stereocenters. The summed E-state index contributed by atoms with van der Waals surface area (Å²) < 4.78 is 10.9. The zero-order valence-electron chi connectivity index (χ0n) is 18.2. The van der Waals surface area contributed by atoms with E-state index in [-0.39, 0.29) is 24.9 Å². The number of hydrogen-bond acceptors (Lipinski definition) is 4. The van der Waals surface area contributed by atoms with Crippen LogP contribution in [0, 0.1) is 0 Å². The van der Waals surface area contributed by atoms with Crippen LogP contribution in [0.1, 0.15) is 11.1 Å². The number of benzene rings is 3. The van der Waals surface area contributed by atoms with Crippen LogP contribution in [-0.2, 0) is 13.0 Å². The zero-order chi connectivity index (χ0) is 23.5. The Labute approximate surface area is 200 Å². The molecule has 3 aromatic carbocycles. The lowest BCUT2D eigenvalue weighted by molar-refractivity contribution is 0.174. The molecule has 4 aromatic rings. The molecule has 0 spiro atoms. The summed E-state index contributed by atoms with van der Waals surface area (Å²) >= 11 is 6.23. The summed E-state index contributed by atoms with van der Waals surface area (Å²) in [6.45, 7) is 0.694. The summed E-state index contributed by atoms with van der Waals surface area (Å²) in [4.78, 5) is 30.6. The van der Waals surface area contributed by atoms with Gasteiger partial charge in [0.25, 0.3) is 5.56 Å². The summed E-state index contributed by atoms with van der Waals surface area (Å²) in [7, 11) is 0. The number of carbonyl (C=O) groups is 1. The van der Waals surface area contributed by atoms with E-state index in [1.165, 1.54) is 0 Å². The number of hydrogen-bond donors (Lipinski definition) is 2. The molecule has 1 aliphatic heterocycles. The number of rotatable bonds is 6. The minimum atomic E-state index is -0.339. The number of H-pyrrole nitrogens is 1.